The molecule has 2 aliphatic heterocycles. The maximum atomic E-state index is 12.9. The highest BCUT2D eigenvalue weighted by Gasteiger charge is 2.61. The molecule has 0 amide bonds. The van der Waals surface area contributed by atoms with Crippen molar-refractivity contribution in [3.05, 3.63) is 35.9 Å². The molecule has 0 spiro atoms. The fourth-order valence-corrected chi connectivity index (χ4v) is 3.20. The zero-order valence-electron chi connectivity index (χ0n) is 12.4. The summed E-state index contributed by atoms with van der Waals surface area (Å²) in [7, 11) is 2.08. The van der Waals surface area contributed by atoms with Crippen molar-refractivity contribution in [2.75, 3.05) is 7.05 Å². The normalized spacial score (nSPS) is 25.4. The first-order valence-corrected chi connectivity index (χ1v) is 7.34. The lowest BCUT2D eigenvalue weighted by Crippen LogP contribution is -2.41. The molecule has 126 valence electrons. The van der Waals surface area contributed by atoms with Gasteiger partial charge in [-0.15, -0.1) is 0 Å². The number of halogens is 5. The standard InChI is InChI=1S/C16H16F5NO/c1-22-12-4-5-13(22)9-11(8-12)10-2-6-14(7-3-10)23-16(20,21)15(17,18)19/h2-3,6-8,12-13H,4-5,9H2,1H3. The van der Waals surface area contributed by atoms with Crippen molar-refractivity contribution >= 4 is 5.57 Å². The van der Waals surface area contributed by atoms with Crippen LogP contribution in [0, 0.1) is 0 Å². The summed E-state index contributed by atoms with van der Waals surface area (Å²) >= 11 is 0. The van der Waals surface area contributed by atoms with Crippen molar-refractivity contribution in [1.82, 2.24) is 4.90 Å². The summed E-state index contributed by atoms with van der Waals surface area (Å²) in [6, 6.07) is 6.18. The topological polar surface area (TPSA) is 12.5 Å². The second-order valence-electron chi connectivity index (χ2n) is 6.00. The monoisotopic (exact) mass is 333 g/mol. The largest absolute Gasteiger partial charge is 0.499 e. The van der Waals surface area contributed by atoms with Gasteiger partial charge in [0.05, 0.1) is 0 Å². The fourth-order valence-electron chi connectivity index (χ4n) is 3.20. The third-order valence-corrected chi connectivity index (χ3v) is 4.55. The van der Waals surface area contributed by atoms with Crippen molar-refractivity contribution in [2.45, 2.75) is 43.6 Å². The van der Waals surface area contributed by atoms with Gasteiger partial charge in [0.2, 0.25) is 0 Å². The summed E-state index contributed by atoms with van der Waals surface area (Å²) in [5.74, 6) is -0.507. The van der Waals surface area contributed by atoms with Crippen LogP contribution in [0.15, 0.2) is 30.3 Å². The molecule has 1 saturated heterocycles. The first kappa shape index (κ1) is 16.2. The van der Waals surface area contributed by atoms with Crippen LogP contribution in [0.25, 0.3) is 5.57 Å². The van der Waals surface area contributed by atoms with Crippen LogP contribution in [-0.4, -0.2) is 36.3 Å². The third-order valence-electron chi connectivity index (χ3n) is 4.55. The lowest BCUT2D eigenvalue weighted by Gasteiger charge is -2.30. The molecule has 0 aliphatic carbocycles. The summed E-state index contributed by atoms with van der Waals surface area (Å²) in [5, 5.41) is 0. The Morgan fingerprint density at radius 2 is 1.70 bits per heavy atom. The Kier molecular flexibility index (Phi) is 3.86. The van der Waals surface area contributed by atoms with Crippen LogP contribution in [-0.2, 0) is 0 Å². The Bertz CT molecular complexity index is 608. The van der Waals surface area contributed by atoms with Gasteiger partial charge in [-0.2, -0.15) is 22.0 Å². The summed E-state index contributed by atoms with van der Waals surface area (Å²) in [6.45, 7) is 0. The smallest absolute Gasteiger partial charge is 0.426 e. The van der Waals surface area contributed by atoms with Gasteiger partial charge in [0.25, 0.3) is 0 Å². The molecule has 2 bridgehead atoms. The summed E-state index contributed by atoms with van der Waals surface area (Å²) in [4.78, 5) is 2.31. The van der Waals surface area contributed by atoms with E-state index in [0.29, 0.717) is 12.1 Å². The first-order valence-electron chi connectivity index (χ1n) is 7.34. The van der Waals surface area contributed by atoms with E-state index in [1.807, 2.05) is 0 Å². The van der Waals surface area contributed by atoms with Crippen molar-refractivity contribution in [3.8, 4) is 5.75 Å². The number of likely N-dealkylation sites (N-methyl/N-ethyl adjacent to an activating group) is 1. The second kappa shape index (κ2) is 5.47. The Labute approximate surface area is 130 Å². The van der Waals surface area contributed by atoms with Gasteiger partial charge < -0.3 is 4.74 Å². The van der Waals surface area contributed by atoms with E-state index in [1.165, 1.54) is 12.1 Å². The number of ether oxygens (including phenoxy) is 1. The molecule has 23 heavy (non-hydrogen) atoms. The minimum absolute atomic E-state index is 0.370. The van der Waals surface area contributed by atoms with Gasteiger partial charge in [0.15, 0.2) is 0 Å². The van der Waals surface area contributed by atoms with E-state index in [9.17, 15) is 22.0 Å². The van der Waals surface area contributed by atoms with E-state index < -0.39 is 18.0 Å². The molecule has 1 aromatic rings. The maximum Gasteiger partial charge on any atom is 0.499 e. The number of alkyl halides is 5. The Balaban J connectivity index is 1.75. The van der Waals surface area contributed by atoms with E-state index in [4.69, 9.17) is 0 Å². The molecule has 7 heteroatoms. The molecule has 0 N–H and O–H groups in total. The van der Waals surface area contributed by atoms with Crippen molar-refractivity contribution in [1.29, 1.82) is 0 Å². The average molecular weight is 333 g/mol. The van der Waals surface area contributed by atoms with Gasteiger partial charge >= 0.3 is 12.3 Å². The van der Waals surface area contributed by atoms with Crippen molar-refractivity contribution < 1.29 is 26.7 Å². The van der Waals surface area contributed by atoms with Gasteiger partial charge in [-0.05, 0) is 49.6 Å². The predicted molar refractivity (Wildman–Crippen MR) is 75.2 cm³/mol. The summed E-state index contributed by atoms with van der Waals surface area (Å²) in [5.41, 5.74) is 1.93. The van der Waals surface area contributed by atoms with Crippen molar-refractivity contribution in [2.24, 2.45) is 0 Å². The zero-order chi connectivity index (χ0) is 16.8. The highest BCUT2D eigenvalue weighted by molar-refractivity contribution is 5.68. The molecule has 1 aromatic carbocycles. The highest BCUT2D eigenvalue weighted by Crippen LogP contribution is 2.39. The molecule has 0 saturated carbocycles. The van der Waals surface area contributed by atoms with Crippen molar-refractivity contribution in [3.63, 3.8) is 0 Å². The van der Waals surface area contributed by atoms with E-state index >= 15 is 0 Å². The number of nitrogens with zero attached hydrogens (tertiary/aromatic N) is 1. The van der Waals surface area contributed by atoms with Gasteiger partial charge in [-0.1, -0.05) is 18.2 Å². The molecule has 2 nitrogen and oxygen atoms in total. The van der Waals surface area contributed by atoms with Crippen LogP contribution in [0.1, 0.15) is 24.8 Å². The molecule has 2 heterocycles. The molecule has 1 fully saturated rings. The molecule has 2 unspecified atom stereocenters. The van der Waals surface area contributed by atoms with E-state index in [-0.39, 0.29) is 0 Å². The molecular weight excluding hydrogens is 317 g/mol. The maximum absolute atomic E-state index is 12.9. The highest BCUT2D eigenvalue weighted by atomic mass is 19.4. The molecule has 2 aliphatic rings. The zero-order valence-corrected chi connectivity index (χ0v) is 12.4. The van der Waals surface area contributed by atoms with Crippen LogP contribution in [0.5, 0.6) is 5.75 Å². The van der Waals surface area contributed by atoms with Crippen LogP contribution in [0.3, 0.4) is 0 Å². The van der Waals surface area contributed by atoms with E-state index in [2.05, 4.69) is 22.8 Å². The van der Waals surface area contributed by atoms with Gasteiger partial charge in [-0.3, -0.25) is 4.90 Å². The second-order valence-corrected chi connectivity index (χ2v) is 6.00. The van der Waals surface area contributed by atoms with E-state index in [1.54, 1.807) is 0 Å². The van der Waals surface area contributed by atoms with Crippen LogP contribution in [0.2, 0.25) is 0 Å². The number of benzene rings is 1. The van der Waals surface area contributed by atoms with Crippen LogP contribution >= 0.6 is 0 Å². The van der Waals surface area contributed by atoms with E-state index in [0.717, 1.165) is 42.5 Å². The van der Waals surface area contributed by atoms with Gasteiger partial charge in [-0.25, -0.2) is 0 Å². The lowest BCUT2D eigenvalue weighted by molar-refractivity contribution is -0.360. The van der Waals surface area contributed by atoms with Crippen LogP contribution in [0.4, 0.5) is 22.0 Å². The average Bonchev–Trinajstić information content (AvgIpc) is 2.69. The Morgan fingerprint density at radius 1 is 1.04 bits per heavy atom. The van der Waals surface area contributed by atoms with Gasteiger partial charge in [0, 0.05) is 12.1 Å². The summed E-state index contributed by atoms with van der Waals surface area (Å²) in [6.07, 6.45) is -5.73. The van der Waals surface area contributed by atoms with Gasteiger partial charge in [0.1, 0.15) is 5.75 Å². The molecular formula is C16H16F5NO. The molecule has 3 rings (SSSR count). The number of fused-ring (bicyclic) bond motifs is 2. The number of hydrogen-bond donors (Lipinski definition) is 0. The number of rotatable bonds is 3. The molecule has 2 atom stereocenters. The molecule has 0 aromatic heterocycles. The first-order chi connectivity index (χ1) is 10.7. The molecule has 0 radical (unpaired) electrons. The quantitative estimate of drug-likeness (QED) is 0.757. The van der Waals surface area contributed by atoms with Crippen LogP contribution < -0.4 is 4.74 Å². The minimum atomic E-state index is -5.73. The SMILES string of the molecule is CN1C2C=C(c3ccc(OC(F)(F)C(F)(F)F)cc3)CC1CC2. The third kappa shape index (κ3) is 3.06. The fraction of sp³-hybridized carbons (Fsp3) is 0.500. The number of hydrogen-bond acceptors (Lipinski definition) is 2. The summed E-state index contributed by atoms with van der Waals surface area (Å²) < 4.78 is 65.9. The lowest BCUT2D eigenvalue weighted by atomic mass is 9.95. The Hall–Kier alpha value is -1.63. The predicted octanol–water partition coefficient (Wildman–Crippen LogP) is 4.47. The minimum Gasteiger partial charge on any atom is -0.426 e. The Morgan fingerprint density at radius 3 is 2.26 bits per heavy atom.